The summed E-state index contributed by atoms with van der Waals surface area (Å²) in [6.07, 6.45) is -3.31. The van der Waals surface area contributed by atoms with Gasteiger partial charge in [0.25, 0.3) is 5.91 Å². The van der Waals surface area contributed by atoms with E-state index in [9.17, 15) is 18.0 Å². The number of nitrogen functional groups attached to an aromatic ring is 1. The molecule has 0 bridgehead atoms. The van der Waals surface area contributed by atoms with Crippen molar-refractivity contribution in [2.24, 2.45) is 0 Å². The Morgan fingerprint density at radius 2 is 2.11 bits per heavy atom. The van der Waals surface area contributed by atoms with E-state index in [2.05, 4.69) is 20.7 Å². The minimum absolute atomic E-state index is 0.000650. The Bertz CT molecular complexity index is 594. The fourth-order valence-electron chi connectivity index (χ4n) is 1.35. The zero-order valence-corrected chi connectivity index (χ0v) is 9.32. The number of anilines is 2. The van der Waals surface area contributed by atoms with Crippen LogP contribution in [0.25, 0.3) is 0 Å². The van der Waals surface area contributed by atoms with Crippen LogP contribution < -0.4 is 11.1 Å². The molecule has 0 atom stereocenters. The van der Waals surface area contributed by atoms with Gasteiger partial charge in [0.1, 0.15) is 0 Å². The second kappa shape index (κ2) is 4.59. The highest BCUT2D eigenvalue weighted by molar-refractivity contribution is 6.04. The third kappa shape index (κ3) is 2.81. The summed E-state index contributed by atoms with van der Waals surface area (Å²) in [5, 5.41) is 11.5. The number of amides is 1. The Hall–Kier alpha value is -2.58. The number of aromatic amines is 1. The van der Waals surface area contributed by atoms with Gasteiger partial charge in [-0.2, -0.15) is 28.6 Å². The molecule has 0 unspecified atom stereocenters. The number of nitrogens with one attached hydrogen (secondary N) is 2. The summed E-state index contributed by atoms with van der Waals surface area (Å²) >= 11 is 0. The van der Waals surface area contributed by atoms with E-state index in [4.69, 9.17) is 5.73 Å². The number of carbonyl (C=O) groups is 1. The summed E-state index contributed by atoms with van der Waals surface area (Å²) in [6, 6.07) is 2.66. The van der Waals surface area contributed by atoms with Gasteiger partial charge in [0.15, 0.2) is 5.69 Å². The molecule has 0 saturated carbocycles. The van der Waals surface area contributed by atoms with Crippen molar-refractivity contribution in [1.29, 1.82) is 0 Å². The monoisotopic (exact) mass is 271 g/mol. The lowest BCUT2D eigenvalue weighted by atomic mass is 10.1. The molecule has 100 valence electrons. The molecule has 9 heteroatoms. The van der Waals surface area contributed by atoms with Gasteiger partial charge >= 0.3 is 6.18 Å². The van der Waals surface area contributed by atoms with Crippen LogP contribution in [0.2, 0.25) is 0 Å². The van der Waals surface area contributed by atoms with Gasteiger partial charge in [-0.15, -0.1) is 0 Å². The van der Waals surface area contributed by atoms with E-state index in [0.717, 1.165) is 18.2 Å². The largest absolute Gasteiger partial charge is 0.416 e. The molecule has 0 saturated heterocycles. The number of alkyl halides is 3. The fourth-order valence-corrected chi connectivity index (χ4v) is 1.35. The van der Waals surface area contributed by atoms with E-state index in [-0.39, 0.29) is 17.1 Å². The predicted molar refractivity (Wildman–Crippen MR) is 60.2 cm³/mol. The number of halogens is 3. The molecular weight excluding hydrogens is 263 g/mol. The lowest BCUT2D eigenvalue weighted by Gasteiger charge is -2.11. The molecule has 0 aliphatic rings. The second-order valence-electron chi connectivity index (χ2n) is 3.61. The van der Waals surface area contributed by atoms with Gasteiger partial charge in [0.2, 0.25) is 0 Å². The molecule has 0 fully saturated rings. The SMILES string of the molecule is Nc1cc(C(F)(F)F)ccc1NC(=O)c1cn[nH]n1. The van der Waals surface area contributed by atoms with Crippen LogP contribution in [0.5, 0.6) is 0 Å². The molecule has 0 aliphatic heterocycles. The van der Waals surface area contributed by atoms with E-state index >= 15 is 0 Å². The zero-order valence-electron chi connectivity index (χ0n) is 9.32. The highest BCUT2D eigenvalue weighted by atomic mass is 19.4. The Morgan fingerprint density at radius 1 is 1.37 bits per heavy atom. The van der Waals surface area contributed by atoms with Gasteiger partial charge in [0.05, 0.1) is 23.1 Å². The average Bonchev–Trinajstić information content (AvgIpc) is 2.84. The number of hydrogen-bond donors (Lipinski definition) is 3. The normalized spacial score (nSPS) is 11.3. The molecule has 0 spiro atoms. The minimum atomic E-state index is -4.48. The maximum Gasteiger partial charge on any atom is 0.416 e. The summed E-state index contributed by atoms with van der Waals surface area (Å²) in [5.41, 5.74) is 4.46. The van der Waals surface area contributed by atoms with Crippen molar-refractivity contribution in [3.8, 4) is 0 Å². The Morgan fingerprint density at radius 3 is 2.63 bits per heavy atom. The summed E-state index contributed by atoms with van der Waals surface area (Å²) in [7, 11) is 0. The van der Waals surface area contributed by atoms with E-state index in [1.54, 1.807) is 0 Å². The lowest BCUT2D eigenvalue weighted by molar-refractivity contribution is -0.137. The van der Waals surface area contributed by atoms with Crippen molar-refractivity contribution in [2.45, 2.75) is 6.18 Å². The molecule has 1 heterocycles. The molecule has 2 aromatic rings. The zero-order chi connectivity index (χ0) is 14.0. The third-order valence-corrected chi connectivity index (χ3v) is 2.27. The molecule has 1 aromatic carbocycles. The number of nitrogens with two attached hydrogens (primary N) is 1. The van der Waals surface area contributed by atoms with E-state index in [1.807, 2.05) is 0 Å². The first-order valence-electron chi connectivity index (χ1n) is 5.02. The smallest absolute Gasteiger partial charge is 0.397 e. The molecule has 2 rings (SSSR count). The molecule has 19 heavy (non-hydrogen) atoms. The maximum absolute atomic E-state index is 12.4. The lowest BCUT2D eigenvalue weighted by Crippen LogP contribution is -2.14. The Balaban J connectivity index is 2.21. The molecule has 0 radical (unpaired) electrons. The summed E-state index contributed by atoms with van der Waals surface area (Å²) in [6.45, 7) is 0. The number of hydrogen-bond acceptors (Lipinski definition) is 4. The van der Waals surface area contributed by atoms with Crippen LogP contribution in [-0.2, 0) is 6.18 Å². The van der Waals surface area contributed by atoms with Gasteiger partial charge in [-0.3, -0.25) is 4.79 Å². The van der Waals surface area contributed by atoms with Gasteiger partial charge in [-0.1, -0.05) is 0 Å². The first-order valence-corrected chi connectivity index (χ1v) is 5.02. The Labute approximate surface area is 104 Å². The van der Waals surface area contributed by atoms with Crippen LogP contribution in [-0.4, -0.2) is 21.3 Å². The van der Waals surface area contributed by atoms with Crippen LogP contribution in [0.15, 0.2) is 24.4 Å². The third-order valence-electron chi connectivity index (χ3n) is 2.27. The number of nitrogens with zero attached hydrogens (tertiary/aromatic N) is 2. The van der Waals surface area contributed by atoms with Gasteiger partial charge < -0.3 is 11.1 Å². The fraction of sp³-hybridized carbons (Fsp3) is 0.100. The predicted octanol–water partition coefficient (Wildman–Crippen LogP) is 1.66. The second-order valence-corrected chi connectivity index (χ2v) is 3.61. The first kappa shape index (κ1) is 12.9. The number of aromatic nitrogens is 3. The highest BCUT2D eigenvalue weighted by Gasteiger charge is 2.30. The van der Waals surface area contributed by atoms with Crippen LogP contribution in [0, 0.1) is 0 Å². The summed E-state index contributed by atoms with van der Waals surface area (Å²) in [4.78, 5) is 11.6. The first-order chi connectivity index (χ1) is 8.88. The van der Waals surface area contributed by atoms with Crippen molar-refractivity contribution in [3.05, 3.63) is 35.7 Å². The van der Waals surface area contributed by atoms with Crippen molar-refractivity contribution in [3.63, 3.8) is 0 Å². The topological polar surface area (TPSA) is 96.7 Å². The number of rotatable bonds is 2. The maximum atomic E-state index is 12.4. The molecule has 0 aliphatic carbocycles. The summed E-state index contributed by atoms with van der Waals surface area (Å²) < 4.78 is 37.3. The molecule has 1 aromatic heterocycles. The van der Waals surface area contributed by atoms with Crippen LogP contribution in [0.1, 0.15) is 16.1 Å². The number of H-pyrrole nitrogens is 1. The molecular formula is C10H8F3N5O. The van der Waals surface area contributed by atoms with E-state index in [1.165, 1.54) is 6.20 Å². The van der Waals surface area contributed by atoms with E-state index in [0.29, 0.717) is 0 Å². The molecule has 4 N–H and O–H groups in total. The number of carbonyl (C=O) groups excluding carboxylic acids is 1. The Kier molecular flexibility index (Phi) is 3.11. The highest BCUT2D eigenvalue weighted by Crippen LogP contribution is 2.32. The summed E-state index contributed by atoms with van der Waals surface area (Å²) in [5.74, 6) is -0.625. The average molecular weight is 271 g/mol. The van der Waals surface area contributed by atoms with Gasteiger partial charge in [0, 0.05) is 0 Å². The van der Waals surface area contributed by atoms with Crippen molar-refractivity contribution in [1.82, 2.24) is 15.4 Å². The van der Waals surface area contributed by atoms with Crippen molar-refractivity contribution < 1.29 is 18.0 Å². The minimum Gasteiger partial charge on any atom is -0.397 e. The quantitative estimate of drug-likeness (QED) is 0.723. The van der Waals surface area contributed by atoms with Crippen LogP contribution >= 0.6 is 0 Å². The molecule has 6 nitrogen and oxygen atoms in total. The van der Waals surface area contributed by atoms with Crippen molar-refractivity contribution >= 4 is 17.3 Å². The van der Waals surface area contributed by atoms with Gasteiger partial charge in [-0.05, 0) is 18.2 Å². The molecule has 1 amide bonds. The van der Waals surface area contributed by atoms with Crippen LogP contribution in [0.4, 0.5) is 24.5 Å². The van der Waals surface area contributed by atoms with Gasteiger partial charge in [-0.25, -0.2) is 0 Å². The van der Waals surface area contributed by atoms with Crippen molar-refractivity contribution in [2.75, 3.05) is 11.1 Å². The van der Waals surface area contributed by atoms with E-state index < -0.39 is 17.6 Å². The van der Waals surface area contributed by atoms with Crippen LogP contribution in [0.3, 0.4) is 0 Å². The number of benzene rings is 1. The standard InChI is InChI=1S/C10H8F3N5O/c11-10(12,13)5-1-2-7(6(14)3-5)16-9(19)8-4-15-18-17-8/h1-4H,14H2,(H,16,19)(H,15,17,18).